The van der Waals surface area contributed by atoms with E-state index in [0.29, 0.717) is 9.80 Å². The zero-order valence-electron chi connectivity index (χ0n) is 23.8. The van der Waals surface area contributed by atoms with Crippen molar-refractivity contribution in [3.63, 3.8) is 0 Å². The fourth-order valence-corrected chi connectivity index (χ4v) is 5.47. The molecular formula is C29H26F6N6O4. The van der Waals surface area contributed by atoms with Crippen molar-refractivity contribution in [3.8, 4) is 11.1 Å². The van der Waals surface area contributed by atoms with Crippen molar-refractivity contribution in [2.24, 2.45) is 0 Å². The lowest BCUT2D eigenvalue weighted by Crippen LogP contribution is -2.51. The molecule has 1 aliphatic heterocycles. The van der Waals surface area contributed by atoms with E-state index in [0.717, 1.165) is 31.2 Å². The van der Waals surface area contributed by atoms with Crippen LogP contribution in [0.25, 0.3) is 11.1 Å². The van der Waals surface area contributed by atoms with Crippen molar-refractivity contribution in [1.29, 1.82) is 0 Å². The van der Waals surface area contributed by atoms with Crippen molar-refractivity contribution in [2.45, 2.75) is 50.4 Å². The molecule has 3 aromatic rings. The van der Waals surface area contributed by atoms with Crippen LogP contribution in [0.5, 0.6) is 0 Å². The smallest absolute Gasteiger partial charge is 0.358 e. The van der Waals surface area contributed by atoms with Crippen LogP contribution in [-0.2, 0) is 33.0 Å². The van der Waals surface area contributed by atoms with Gasteiger partial charge in [-0.3, -0.25) is 24.0 Å². The number of carbonyl (C=O) groups is 4. The van der Waals surface area contributed by atoms with Gasteiger partial charge >= 0.3 is 12.2 Å². The fraction of sp³-hybridized carbons (Fsp3) is 0.345. The van der Waals surface area contributed by atoms with E-state index in [1.807, 2.05) is 0 Å². The van der Waals surface area contributed by atoms with E-state index in [4.69, 9.17) is 0 Å². The van der Waals surface area contributed by atoms with Crippen LogP contribution in [0.3, 0.4) is 0 Å². The summed E-state index contributed by atoms with van der Waals surface area (Å²) in [6.45, 7) is -1.17. The lowest BCUT2D eigenvalue weighted by Gasteiger charge is -2.32. The van der Waals surface area contributed by atoms with Gasteiger partial charge in [0.2, 0.25) is 11.8 Å². The highest BCUT2D eigenvalue weighted by Crippen LogP contribution is 2.50. The quantitative estimate of drug-likeness (QED) is 0.289. The number of urea groups is 1. The van der Waals surface area contributed by atoms with Gasteiger partial charge < -0.3 is 15.5 Å². The molecule has 0 bridgehead atoms. The standard InChI is InChI=1S/C29H26F6N6O4/c1-15(29(33,34)35)40(11-16-3-5-18(30)6-4-16)25(43)14-41-26(44)28(38-27(41)45)9-23(32)20-7-19(22(31)8-21(20)28)17-10-37-39(12-17)13-24(42)36-2/h3-8,10,12,15,23H,9,11,13-14H2,1-2H3,(H,36,42)(H,38,45)/t15-,23+,28-/m0/s1. The molecule has 0 unspecified atom stereocenters. The molecule has 0 saturated carbocycles. The maximum atomic E-state index is 15.4. The van der Waals surface area contributed by atoms with E-state index in [1.54, 1.807) is 0 Å². The summed E-state index contributed by atoms with van der Waals surface area (Å²) in [6.07, 6.45) is -4.75. The number of nitrogens with one attached hydrogen (secondary N) is 2. The Labute approximate surface area is 252 Å². The number of hydrogen-bond acceptors (Lipinski definition) is 5. The number of amides is 5. The van der Waals surface area contributed by atoms with Crippen LogP contribution in [0.4, 0.5) is 31.1 Å². The second kappa shape index (κ2) is 11.6. The summed E-state index contributed by atoms with van der Waals surface area (Å²) in [6, 6.07) is 2.91. The number of carbonyl (C=O) groups excluding carboxylic acids is 4. The Morgan fingerprint density at radius 1 is 1.16 bits per heavy atom. The zero-order chi connectivity index (χ0) is 32.8. The lowest BCUT2D eigenvalue weighted by molar-refractivity contribution is -0.187. The van der Waals surface area contributed by atoms with Gasteiger partial charge in [0.05, 0.1) is 6.20 Å². The number of hydrogen-bond donors (Lipinski definition) is 2. The molecule has 5 amide bonds. The third-order valence-electron chi connectivity index (χ3n) is 7.95. The average Bonchev–Trinajstić information content (AvgIpc) is 3.62. The summed E-state index contributed by atoms with van der Waals surface area (Å²) in [4.78, 5) is 52.2. The summed E-state index contributed by atoms with van der Waals surface area (Å²) in [5.41, 5.74) is -2.14. The number of benzene rings is 2. The first-order valence-corrected chi connectivity index (χ1v) is 13.6. The molecule has 45 heavy (non-hydrogen) atoms. The van der Waals surface area contributed by atoms with Gasteiger partial charge in [-0.2, -0.15) is 18.3 Å². The summed E-state index contributed by atoms with van der Waals surface area (Å²) < 4.78 is 86.5. The second-order valence-corrected chi connectivity index (χ2v) is 10.8. The molecule has 2 N–H and O–H groups in total. The summed E-state index contributed by atoms with van der Waals surface area (Å²) in [5.74, 6) is -4.30. The monoisotopic (exact) mass is 636 g/mol. The molecule has 2 aromatic carbocycles. The number of nitrogens with zero attached hydrogens (tertiary/aromatic N) is 4. The van der Waals surface area contributed by atoms with Crippen molar-refractivity contribution in [3.05, 3.63) is 77.1 Å². The topological polar surface area (TPSA) is 117 Å². The normalized spacial score (nSPS) is 19.9. The molecule has 10 nitrogen and oxygen atoms in total. The van der Waals surface area contributed by atoms with Gasteiger partial charge in [-0.1, -0.05) is 12.1 Å². The number of alkyl halides is 4. The van der Waals surface area contributed by atoms with Crippen molar-refractivity contribution in [1.82, 2.24) is 30.2 Å². The van der Waals surface area contributed by atoms with Gasteiger partial charge in [0, 0.05) is 37.3 Å². The molecule has 1 saturated heterocycles. The van der Waals surface area contributed by atoms with Crippen LogP contribution in [0.2, 0.25) is 0 Å². The molecule has 3 atom stereocenters. The number of fused-ring (bicyclic) bond motifs is 2. The first-order valence-electron chi connectivity index (χ1n) is 13.6. The molecule has 2 heterocycles. The van der Waals surface area contributed by atoms with E-state index in [2.05, 4.69) is 15.7 Å². The first kappa shape index (κ1) is 31.5. The van der Waals surface area contributed by atoms with Gasteiger partial charge in [-0.15, -0.1) is 0 Å². The molecule has 1 fully saturated rings. The van der Waals surface area contributed by atoms with Crippen LogP contribution >= 0.6 is 0 Å². The Balaban J connectivity index is 1.42. The van der Waals surface area contributed by atoms with Crippen molar-refractivity contribution < 1.29 is 45.5 Å². The Morgan fingerprint density at radius 3 is 2.49 bits per heavy atom. The van der Waals surface area contributed by atoms with E-state index in [-0.39, 0.29) is 40.3 Å². The van der Waals surface area contributed by atoms with E-state index in [1.165, 1.54) is 36.3 Å². The Hall–Kier alpha value is -4.89. The minimum Gasteiger partial charge on any atom is -0.358 e. The Bertz CT molecular complexity index is 1680. The van der Waals surface area contributed by atoms with Crippen LogP contribution in [0.1, 0.15) is 36.2 Å². The number of likely N-dealkylation sites (N-methyl/N-ethyl adjacent to an activating group) is 1. The molecule has 2 aliphatic rings. The third-order valence-corrected chi connectivity index (χ3v) is 7.95. The van der Waals surface area contributed by atoms with E-state index < -0.39 is 72.9 Å². The minimum absolute atomic E-state index is 0.0852. The van der Waals surface area contributed by atoms with Gasteiger partial charge in [0.15, 0.2) is 0 Å². The minimum atomic E-state index is -4.88. The average molecular weight is 637 g/mol. The molecule has 16 heteroatoms. The highest BCUT2D eigenvalue weighted by atomic mass is 19.4. The predicted octanol–water partition coefficient (Wildman–Crippen LogP) is 3.72. The number of halogens is 6. The van der Waals surface area contributed by atoms with Gasteiger partial charge in [0.1, 0.15) is 42.5 Å². The van der Waals surface area contributed by atoms with E-state index >= 15 is 8.78 Å². The van der Waals surface area contributed by atoms with Crippen LogP contribution in [0.15, 0.2) is 48.8 Å². The summed E-state index contributed by atoms with van der Waals surface area (Å²) in [5, 5.41) is 8.74. The molecule has 0 radical (unpaired) electrons. The second-order valence-electron chi connectivity index (χ2n) is 10.8. The van der Waals surface area contributed by atoms with Crippen molar-refractivity contribution >= 4 is 23.8 Å². The number of imide groups is 1. The largest absolute Gasteiger partial charge is 0.408 e. The molecule has 1 spiro atoms. The van der Waals surface area contributed by atoms with Gasteiger partial charge in [0.25, 0.3) is 5.91 Å². The highest BCUT2D eigenvalue weighted by Gasteiger charge is 2.59. The summed E-state index contributed by atoms with van der Waals surface area (Å²) >= 11 is 0. The summed E-state index contributed by atoms with van der Waals surface area (Å²) in [7, 11) is 1.43. The van der Waals surface area contributed by atoms with Gasteiger partial charge in [-0.25, -0.2) is 18.0 Å². The maximum absolute atomic E-state index is 15.4. The lowest BCUT2D eigenvalue weighted by atomic mass is 9.90. The molecule has 1 aromatic heterocycles. The van der Waals surface area contributed by atoms with Gasteiger partial charge in [-0.05, 0) is 47.9 Å². The Morgan fingerprint density at radius 2 is 1.84 bits per heavy atom. The van der Waals surface area contributed by atoms with Crippen LogP contribution in [0, 0.1) is 11.6 Å². The molecule has 5 rings (SSSR count). The molecular weight excluding hydrogens is 610 g/mol. The highest BCUT2D eigenvalue weighted by molar-refractivity contribution is 6.10. The number of aromatic nitrogens is 2. The van der Waals surface area contributed by atoms with E-state index in [9.17, 15) is 36.7 Å². The number of rotatable bonds is 8. The van der Waals surface area contributed by atoms with Crippen LogP contribution in [-0.4, -0.2) is 69.1 Å². The Kier molecular flexibility index (Phi) is 8.10. The molecule has 1 aliphatic carbocycles. The van der Waals surface area contributed by atoms with Crippen molar-refractivity contribution in [2.75, 3.05) is 13.6 Å². The molecule has 238 valence electrons. The predicted molar refractivity (Wildman–Crippen MR) is 145 cm³/mol. The first-order chi connectivity index (χ1) is 21.1. The fourth-order valence-electron chi connectivity index (χ4n) is 5.47. The third kappa shape index (κ3) is 5.83. The SMILES string of the molecule is CNC(=O)Cn1cc(-c2cc3c(cc2F)[C@]2(C[C@H]3F)NC(=O)N(CC(=O)N(Cc3ccc(F)cc3)[C@@H](C)C(F)(F)F)C2=O)cn1. The maximum Gasteiger partial charge on any atom is 0.408 e. The zero-order valence-corrected chi connectivity index (χ0v) is 23.8. The van der Waals surface area contributed by atoms with Crippen LogP contribution < -0.4 is 10.6 Å².